The number of hydrogen-bond acceptors (Lipinski definition) is 1. The summed E-state index contributed by atoms with van der Waals surface area (Å²) in [6, 6.07) is 6.05. The molecule has 0 aliphatic heterocycles. The smallest absolute Gasteiger partial charge is 0.101 e. The van der Waals surface area contributed by atoms with Crippen molar-refractivity contribution < 1.29 is 4.39 Å². The van der Waals surface area contributed by atoms with Crippen LogP contribution in [0.5, 0.6) is 0 Å². The molecule has 0 radical (unpaired) electrons. The van der Waals surface area contributed by atoms with Crippen LogP contribution in [-0.4, -0.2) is 11.7 Å². The van der Waals surface area contributed by atoms with Gasteiger partial charge in [0.25, 0.3) is 0 Å². The Morgan fingerprint density at radius 1 is 1.31 bits per heavy atom. The van der Waals surface area contributed by atoms with Gasteiger partial charge in [0.2, 0.25) is 0 Å². The summed E-state index contributed by atoms with van der Waals surface area (Å²) < 4.78 is 13.0. The number of aromatic nitrogens is 1. The molecule has 1 aliphatic carbocycles. The van der Waals surface area contributed by atoms with Crippen molar-refractivity contribution in [2.24, 2.45) is 5.92 Å². The van der Waals surface area contributed by atoms with E-state index in [2.05, 4.69) is 31.8 Å². The summed E-state index contributed by atoms with van der Waals surface area (Å²) in [7, 11) is 0. The van der Waals surface area contributed by atoms with Crippen LogP contribution in [0.2, 0.25) is 0 Å². The summed E-state index contributed by atoms with van der Waals surface area (Å²) in [5.74, 6) is 1.01. The number of halogens is 1. The van der Waals surface area contributed by atoms with Gasteiger partial charge in [-0.05, 0) is 30.9 Å². The van der Waals surface area contributed by atoms with E-state index in [0.717, 1.165) is 24.2 Å². The molecular weight excluding hydrogens is 201 g/mol. The second kappa shape index (κ2) is 4.15. The Hall–Kier alpha value is -0.920. The first-order valence-corrected chi connectivity index (χ1v) is 6.12. The molecule has 2 rings (SSSR count). The maximum absolute atomic E-state index is 13.0. The van der Waals surface area contributed by atoms with Gasteiger partial charge in [0.15, 0.2) is 0 Å². The average molecular weight is 221 g/mol. The fraction of sp³-hybridized carbons (Fsp3) is 0.643. The lowest BCUT2D eigenvalue weighted by Gasteiger charge is -2.17. The quantitative estimate of drug-likeness (QED) is 0.752. The SMILES string of the molecule is CC(C)C(C)c1cccc(C2(CF)CC2)n1. The maximum atomic E-state index is 13.0. The molecular formula is C14H20FN. The summed E-state index contributed by atoms with van der Waals surface area (Å²) >= 11 is 0. The Morgan fingerprint density at radius 3 is 2.50 bits per heavy atom. The molecule has 0 saturated heterocycles. The highest BCUT2D eigenvalue weighted by Crippen LogP contribution is 2.47. The van der Waals surface area contributed by atoms with Gasteiger partial charge < -0.3 is 0 Å². The third kappa shape index (κ3) is 1.98. The van der Waals surface area contributed by atoms with E-state index in [1.54, 1.807) is 0 Å². The van der Waals surface area contributed by atoms with Crippen molar-refractivity contribution in [3.63, 3.8) is 0 Å². The minimum absolute atomic E-state index is 0.229. The van der Waals surface area contributed by atoms with Crippen molar-refractivity contribution in [2.75, 3.05) is 6.67 Å². The van der Waals surface area contributed by atoms with Crippen molar-refractivity contribution in [1.29, 1.82) is 0 Å². The second-order valence-corrected chi connectivity index (χ2v) is 5.39. The highest BCUT2D eigenvalue weighted by Gasteiger charge is 2.45. The molecule has 1 saturated carbocycles. The summed E-state index contributed by atoms with van der Waals surface area (Å²) in [6.07, 6.45) is 1.91. The lowest BCUT2D eigenvalue weighted by atomic mass is 9.93. The van der Waals surface area contributed by atoms with Crippen molar-refractivity contribution >= 4 is 0 Å². The van der Waals surface area contributed by atoms with E-state index in [1.165, 1.54) is 0 Å². The van der Waals surface area contributed by atoms with Gasteiger partial charge in [0, 0.05) is 22.7 Å². The van der Waals surface area contributed by atoms with E-state index in [1.807, 2.05) is 12.1 Å². The van der Waals surface area contributed by atoms with Crippen molar-refractivity contribution in [1.82, 2.24) is 4.98 Å². The molecule has 0 bridgehead atoms. The Labute approximate surface area is 97.1 Å². The van der Waals surface area contributed by atoms with Gasteiger partial charge in [0.05, 0.1) is 0 Å². The van der Waals surface area contributed by atoms with E-state index >= 15 is 0 Å². The fourth-order valence-electron chi connectivity index (χ4n) is 1.95. The molecule has 1 unspecified atom stereocenters. The fourth-order valence-corrected chi connectivity index (χ4v) is 1.95. The molecule has 88 valence electrons. The molecule has 0 spiro atoms. The van der Waals surface area contributed by atoms with E-state index < -0.39 is 0 Å². The predicted octanol–water partition coefficient (Wildman–Crippen LogP) is 3.84. The predicted molar refractivity (Wildman–Crippen MR) is 64.4 cm³/mol. The molecule has 1 aliphatic rings. The van der Waals surface area contributed by atoms with Crippen LogP contribution < -0.4 is 0 Å². The van der Waals surface area contributed by atoms with Crippen molar-refractivity contribution in [3.05, 3.63) is 29.6 Å². The Bertz CT molecular complexity index is 369. The number of rotatable bonds is 4. The first-order valence-electron chi connectivity index (χ1n) is 6.12. The Balaban J connectivity index is 2.27. The van der Waals surface area contributed by atoms with E-state index in [0.29, 0.717) is 11.8 Å². The van der Waals surface area contributed by atoms with Gasteiger partial charge >= 0.3 is 0 Å². The zero-order chi connectivity index (χ0) is 11.8. The van der Waals surface area contributed by atoms with E-state index in [4.69, 9.17) is 0 Å². The normalized spacial score (nSPS) is 19.8. The first kappa shape index (κ1) is 11.6. The van der Waals surface area contributed by atoms with Crippen LogP contribution in [0.3, 0.4) is 0 Å². The van der Waals surface area contributed by atoms with Crippen LogP contribution in [0.4, 0.5) is 4.39 Å². The van der Waals surface area contributed by atoms with Gasteiger partial charge in [-0.3, -0.25) is 9.37 Å². The summed E-state index contributed by atoms with van der Waals surface area (Å²) in [6.45, 7) is 6.31. The molecule has 1 heterocycles. The maximum Gasteiger partial charge on any atom is 0.101 e. The van der Waals surface area contributed by atoms with Gasteiger partial charge in [-0.25, -0.2) is 0 Å². The van der Waals surface area contributed by atoms with Crippen molar-refractivity contribution in [3.8, 4) is 0 Å². The van der Waals surface area contributed by atoms with Crippen LogP contribution in [-0.2, 0) is 5.41 Å². The summed E-state index contributed by atoms with van der Waals surface area (Å²) in [5.41, 5.74) is 1.83. The van der Waals surface area contributed by atoms with Crippen LogP contribution in [0, 0.1) is 5.92 Å². The highest BCUT2D eigenvalue weighted by molar-refractivity contribution is 5.27. The molecule has 1 atom stereocenters. The number of alkyl halides is 1. The third-order valence-electron chi connectivity index (χ3n) is 3.89. The van der Waals surface area contributed by atoms with Gasteiger partial charge in [0.1, 0.15) is 6.67 Å². The average Bonchev–Trinajstić information content (AvgIpc) is 3.09. The third-order valence-corrected chi connectivity index (χ3v) is 3.89. The first-order chi connectivity index (χ1) is 7.59. The molecule has 0 N–H and O–H groups in total. The number of pyridine rings is 1. The second-order valence-electron chi connectivity index (χ2n) is 5.39. The van der Waals surface area contributed by atoms with Crippen LogP contribution in [0.15, 0.2) is 18.2 Å². The molecule has 1 aromatic heterocycles. The minimum Gasteiger partial charge on any atom is -0.257 e. The number of hydrogen-bond donors (Lipinski definition) is 0. The van der Waals surface area contributed by atoms with Gasteiger partial charge in [-0.1, -0.05) is 26.8 Å². The van der Waals surface area contributed by atoms with E-state index in [-0.39, 0.29) is 12.1 Å². The van der Waals surface area contributed by atoms with Crippen LogP contribution in [0.25, 0.3) is 0 Å². The van der Waals surface area contributed by atoms with Gasteiger partial charge in [-0.15, -0.1) is 0 Å². The largest absolute Gasteiger partial charge is 0.257 e. The topological polar surface area (TPSA) is 12.9 Å². The van der Waals surface area contributed by atoms with Crippen LogP contribution >= 0.6 is 0 Å². The lowest BCUT2D eigenvalue weighted by molar-refractivity contribution is 0.410. The van der Waals surface area contributed by atoms with Crippen LogP contribution in [0.1, 0.15) is 50.9 Å². The standard InChI is InChI=1S/C14H20FN/c1-10(2)11(3)12-5-4-6-13(16-12)14(9-15)7-8-14/h4-6,10-11H,7-9H2,1-3H3. The Morgan fingerprint density at radius 2 is 2.00 bits per heavy atom. The molecule has 0 amide bonds. The van der Waals surface area contributed by atoms with E-state index in [9.17, 15) is 4.39 Å². The molecule has 0 aromatic carbocycles. The molecule has 1 fully saturated rings. The Kier molecular flexibility index (Phi) is 3.00. The van der Waals surface area contributed by atoms with Gasteiger partial charge in [-0.2, -0.15) is 0 Å². The zero-order valence-electron chi connectivity index (χ0n) is 10.3. The zero-order valence-corrected chi connectivity index (χ0v) is 10.3. The molecule has 1 nitrogen and oxygen atoms in total. The molecule has 1 aromatic rings. The summed E-state index contributed by atoms with van der Waals surface area (Å²) in [5, 5.41) is 0. The van der Waals surface area contributed by atoms with Crippen molar-refractivity contribution in [2.45, 2.75) is 44.9 Å². The highest BCUT2D eigenvalue weighted by atomic mass is 19.1. The molecule has 16 heavy (non-hydrogen) atoms. The molecule has 2 heteroatoms. The lowest BCUT2D eigenvalue weighted by Crippen LogP contribution is -2.14. The monoisotopic (exact) mass is 221 g/mol. The summed E-state index contributed by atoms with van der Waals surface area (Å²) in [4.78, 5) is 4.66. The number of nitrogens with zero attached hydrogens (tertiary/aromatic N) is 1. The minimum atomic E-state index is -0.264.